The Bertz CT molecular complexity index is 898. The zero-order chi connectivity index (χ0) is 17.1. The highest BCUT2D eigenvalue weighted by atomic mass is 16.5. The van der Waals surface area contributed by atoms with E-state index in [1.54, 1.807) is 6.07 Å². The summed E-state index contributed by atoms with van der Waals surface area (Å²) in [6.07, 6.45) is 1.66. The molecule has 6 heteroatoms. The second-order valence-corrected chi connectivity index (χ2v) is 5.90. The van der Waals surface area contributed by atoms with Crippen LogP contribution in [0.3, 0.4) is 0 Å². The zero-order valence-corrected chi connectivity index (χ0v) is 14.2. The van der Waals surface area contributed by atoms with Crippen LogP contribution in [-0.2, 0) is 25.9 Å². The van der Waals surface area contributed by atoms with E-state index >= 15 is 0 Å². The molecule has 0 bridgehead atoms. The van der Waals surface area contributed by atoms with Crippen LogP contribution >= 0.6 is 0 Å². The molecule has 0 atom stereocenters. The van der Waals surface area contributed by atoms with Crippen LogP contribution in [-0.4, -0.2) is 22.1 Å². The van der Waals surface area contributed by atoms with Gasteiger partial charge in [-0.1, -0.05) is 25.1 Å². The smallest absolute Gasteiger partial charge is 0.336 e. The number of nitrogens with zero attached hydrogens (tertiary/aromatic N) is 3. The molecule has 1 aromatic carbocycles. The molecular weight excluding hydrogens is 306 g/mol. The average molecular weight is 327 g/mol. The molecule has 0 saturated carbocycles. The second kappa shape index (κ2) is 6.97. The highest BCUT2D eigenvalue weighted by Gasteiger charge is 2.12. The van der Waals surface area contributed by atoms with Gasteiger partial charge in [0.05, 0.1) is 6.54 Å². The first-order valence-electron chi connectivity index (χ1n) is 8.14. The molecule has 0 aliphatic rings. The van der Waals surface area contributed by atoms with Crippen molar-refractivity contribution in [3.05, 3.63) is 57.5 Å². The van der Waals surface area contributed by atoms with Gasteiger partial charge in [0.25, 0.3) is 0 Å². The van der Waals surface area contributed by atoms with E-state index in [0.29, 0.717) is 30.4 Å². The van der Waals surface area contributed by atoms with Crippen molar-refractivity contribution in [2.75, 3.05) is 7.05 Å². The van der Waals surface area contributed by atoms with Crippen molar-refractivity contribution in [2.45, 2.75) is 39.8 Å². The van der Waals surface area contributed by atoms with Crippen molar-refractivity contribution in [3.8, 4) is 0 Å². The van der Waals surface area contributed by atoms with Crippen molar-refractivity contribution in [2.24, 2.45) is 0 Å². The van der Waals surface area contributed by atoms with Crippen LogP contribution < -0.4 is 5.63 Å². The van der Waals surface area contributed by atoms with E-state index in [-0.39, 0.29) is 5.63 Å². The maximum atomic E-state index is 11.8. The summed E-state index contributed by atoms with van der Waals surface area (Å²) in [5.41, 5.74) is 2.45. The summed E-state index contributed by atoms with van der Waals surface area (Å²) < 4.78 is 10.4. The second-order valence-electron chi connectivity index (χ2n) is 5.90. The monoisotopic (exact) mass is 327 g/mol. The predicted octanol–water partition coefficient (Wildman–Crippen LogP) is 2.93. The largest absolute Gasteiger partial charge is 0.423 e. The summed E-state index contributed by atoms with van der Waals surface area (Å²) in [6, 6.07) is 7.51. The molecule has 0 saturated heterocycles. The molecule has 126 valence electrons. The number of rotatable bonds is 6. The number of hydrogen-bond donors (Lipinski definition) is 0. The first-order valence-corrected chi connectivity index (χ1v) is 8.14. The van der Waals surface area contributed by atoms with E-state index in [9.17, 15) is 4.79 Å². The number of fused-ring (bicyclic) bond motifs is 1. The van der Waals surface area contributed by atoms with Crippen LogP contribution in [0.4, 0.5) is 0 Å². The van der Waals surface area contributed by atoms with E-state index in [2.05, 4.69) is 28.0 Å². The van der Waals surface area contributed by atoms with Crippen LogP contribution in [0.25, 0.3) is 11.0 Å². The Morgan fingerprint density at radius 1 is 1.12 bits per heavy atom. The Labute approximate surface area is 140 Å². The van der Waals surface area contributed by atoms with Gasteiger partial charge < -0.3 is 8.94 Å². The Kier molecular flexibility index (Phi) is 4.76. The lowest BCUT2D eigenvalue weighted by Gasteiger charge is -2.15. The fraction of sp³-hybridized carbons (Fsp3) is 0.389. The lowest BCUT2D eigenvalue weighted by molar-refractivity contribution is 0.300. The van der Waals surface area contributed by atoms with Gasteiger partial charge in [0, 0.05) is 24.4 Å². The van der Waals surface area contributed by atoms with Crippen molar-refractivity contribution in [1.29, 1.82) is 0 Å². The summed E-state index contributed by atoms with van der Waals surface area (Å²) in [6.45, 7) is 5.24. The first-order chi connectivity index (χ1) is 11.6. The fourth-order valence-electron chi connectivity index (χ4n) is 2.71. The van der Waals surface area contributed by atoms with Gasteiger partial charge in [-0.3, -0.25) is 4.90 Å². The number of aromatic nitrogens is 2. The minimum atomic E-state index is -0.331. The Morgan fingerprint density at radius 2 is 1.96 bits per heavy atom. The maximum absolute atomic E-state index is 11.8. The van der Waals surface area contributed by atoms with Crippen LogP contribution in [0.5, 0.6) is 0 Å². The van der Waals surface area contributed by atoms with Crippen molar-refractivity contribution >= 4 is 11.0 Å². The third kappa shape index (κ3) is 3.54. The first kappa shape index (κ1) is 16.4. The number of hydrogen-bond acceptors (Lipinski definition) is 6. The van der Waals surface area contributed by atoms with E-state index in [1.807, 2.05) is 26.1 Å². The number of aryl methyl sites for hydroxylation is 2. The normalized spacial score (nSPS) is 11.5. The quantitative estimate of drug-likeness (QED) is 0.648. The Balaban J connectivity index is 1.86. The Hall–Kier alpha value is -2.47. The van der Waals surface area contributed by atoms with Gasteiger partial charge in [-0.25, -0.2) is 4.79 Å². The van der Waals surface area contributed by atoms with Gasteiger partial charge in [0.15, 0.2) is 5.82 Å². The molecule has 0 amide bonds. The van der Waals surface area contributed by atoms with Crippen LogP contribution in [0.1, 0.15) is 36.7 Å². The summed E-state index contributed by atoms with van der Waals surface area (Å²) >= 11 is 0. The highest BCUT2D eigenvalue weighted by Crippen LogP contribution is 2.20. The molecule has 0 unspecified atom stereocenters. The molecule has 3 rings (SSSR count). The molecule has 0 aliphatic carbocycles. The molecule has 24 heavy (non-hydrogen) atoms. The van der Waals surface area contributed by atoms with Crippen molar-refractivity contribution in [3.63, 3.8) is 0 Å². The molecule has 0 N–H and O–H groups in total. The zero-order valence-electron chi connectivity index (χ0n) is 14.2. The van der Waals surface area contributed by atoms with Gasteiger partial charge in [0.2, 0.25) is 5.89 Å². The van der Waals surface area contributed by atoms with Crippen LogP contribution in [0, 0.1) is 0 Å². The van der Waals surface area contributed by atoms with E-state index in [0.717, 1.165) is 23.8 Å². The van der Waals surface area contributed by atoms with Gasteiger partial charge in [-0.2, -0.15) is 4.98 Å². The van der Waals surface area contributed by atoms with E-state index in [4.69, 9.17) is 8.94 Å². The molecule has 6 nitrogen and oxygen atoms in total. The molecule has 0 aliphatic heterocycles. The average Bonchev–Trinajstić information content (AvgIpc) is 3.01. The van der Waals surface area contributed by atoms with Gasteiger partial charge in [0.1, 0.15) is 5.58 Å². The maximum Gasteiger partial charge on any atom is 0.336 e. The van der Waals surface area contributed by atoms with Gasteiger partial charge in [-0.15, -0.1) is 0 Å². The highest BCUT2D eigenvalue weighted by molar-refractivity contribution is 5.80. The predicted molar refractivity (Wildman–Crippen MR) is 90.7 cm³/mol. The van der Waals surface area contributed by atoms with Crippen molar-refractivity contribution < 1.29 is 8.94 Å². The van der Waals surface area contributed by atoms with E-state index < -0.39 is 0 Å². The third-order valence-electron chi connectivity index (χ3n) is 3.97. The lowest BCUT2D eigenvalue weighted by Crippen LogP contribution is -2.19. The van der Waals surface area contributed by atoms with Crippen LogP contribution in [0.15, 0.2) is 38.0 Å². The van der Waals surface area contributed by atoms with E-state index in [1.165, 1.54) is 5.56 Å². The molecule has 2 heterocycles. The summed E-state index contributed by atoms with van der Waals surface area (Å²) in [4.78, 5) is 18.2. The molecule has 0 fully saturated rings. The molecule has 2 aromatic heterocycles. The Morgan fingerprint density at radius 3 is 2.67 bits per heavy atom. The summed E-state index contributed by atoms with van der Waals surface area (Å²) in [5.74, 6) is 1.28. The third-order valence-corrected chi connectivity index (χ3v) is 3.97. The number of benzene rings is 1. The SMILES string of the molecule is CCc1ccc2oc(=O)cc(CN(C)Cc3noc(CC)n3)c2c1. The fourth-order valence-corrected chi connectivity index (χ4v) is 2.71. The molecule has 0 spiro atoms. The minimum absolute atomic E-state index is 0.331. The standard InChI is InChI=1S/C18H21N3O3/c1-4-12-6-7-15-14(8-12)13(9-18(22)23-15)10-21(3)11-16-19-17(5-2)24-20-16/h6-9H,4-5,10-11H2,1-3H3. The van der Waals surface area contributed by atoms with Gasteiger partial charge in [-0.05, 0) is 36.7 Å². The minimum Gasteiger partial charge on any atom is -0.423 e. The molecule has 0 radical (unpaired) electrons. The summed E-state index contributed by atoms with van der Waals surface area (Å²) in [5, 5.41) is 4.94. The lowest BCUT2D eigenvalue weighted by atomic mass is 10.1. The molecule has 3 aromatic rings. The van der Waals surface area contributed by atoms with Crippen LogP contribution in [0.2, 0.25) is 0 Å². The van der Waals surface area contributed by atoms with Gasteiger partial charge >= 0.3 is 5.63 Å². The topological polar surface area (TPSA) is 72.4 Å². The summed E-state index contributed by atoms with van der Waals surface area (Å²) in [7, 11) is 1.96. The molecular formula is C18H21N3O3. The van der Waals surface area contributed by atoms with Crippen molar-refractivity contribution in [1.82, 2.24) is 15.0 Å².